The molecule has 1 atom stereocenters. The number of nitrogens with one attached hydrogen (secondary N) is 1. The topological polar surface area (TPSA) is 96.0 Å². The van der Waals surface area contributed by atoms with Crippen molar-refractivity contribution in [2.45, 2.75) is 83.9 Å². The number of cyclic esters (lactones) is 1. The van der Waals surface area contributed by atoms with Gasteiger partial charge in [0.15, 0.2) is 0 Å². The number of ether oxygens (including phenoxy) is 1. The summed E-state index contributed by atoms with van der Waals surface area (Å²) >= 11 is 0. The Kier molecular flexibility index (Phi) is 5.63. The van der Waals surface area contributed by atoms with Crippen LogP contribution >= 0.6 is 0 Å². The van der Waals surface area contributed by atoms with E-state index < -0.39 is 41.1 Å². The minimum absolute atomic E-state index is 0.214. The molecule has 8 nitrogen and oxygen atoms in total. The van der Waals surface area contributed by atoms with E-state index in [0.29, 0.717) is 6.54 Å². The molecule has 0 saturated carbocycles. The Morgan fingerprint density at radius 3 is 2.35 bits per heavy atom. The van der Waals surface area contributed by atoms with Crippen LogP contribution in [0.5, 0.6) is 0 Å². The van der Waals surface area contributed by atoms with Gasteiger partial charge in [-0.3, -0.25) is 4.79 Å². The lowest BCUT2D eigenvalue weighted by molar-refractivity contribution is -0.151. The molecular formula is C18H29N3O5. The van der Waals surface area contributed by atoms with Crippen molar-refractivity contribution in [2.75, 3.05) is 6.54 Å². The fraction of sp³-hybridized carbons (Fsp3) is 0.778. The number of amides is 5. The number of nitrogens with zero attached hydrogens (tertiary/aromatic N) is 2. The Balaban J connectivity index is 2.11. The van der Waals surface area contributed by atoms with Crippen LogP contribution in [0, 0.1) is 0 Å². The first kappa shape index (κ1) is 20.2. The third-order valence-corrected chi connectivity index (χ3v) is 4.85. The molecule has 8 heteroatoms. The van der Waals surface area contributed by atoms with Crippen molar-refractivity contribution in [1.29, 1.82) is 0 Å². The molecule has 1 unspecified atom stereocenters. The zero-order valence-electron chi connectivity index (χ0n) is 16.3. The van der Waals surface area contributed by atoms with Crippen LogP contribution in [0.3, 0.4) is 0 Å². The van der Waals surface area contributed by atoms with Gasteiger partial charge in [0.05, 0.1) is 0 Å². The molecule has 0 aliphatic carbocycles. The number of rotatable bonds is 6. The molecule has 146 valence electrons. The summed E-state index contributed by atoms with van der Waals surface area (Å²) in [6.45, 7) is 9.00. The minimum atomic E-state index is -1.35. The Hall–Kier alpha value is -2.12. The van der Waals surface area contributed by atoms with Crippen molar-refractivity contribution >= 4 is 23.9 Å². The molecule has 0 radical (unpaired) electrons. The van der Waals surface area contributed by atoms with Crippen molar-refractivity contribution in [3.63, 3.8) is 0 Å². The van der Waals surface area contributed by atoms with Crippen LogP contribution in [-0.2, 0) is 14.3 Å². The summed E-state index contributed by atoms with van der Waals surface area (Å²) in [6.07, 6.45) is 4.18. The van der Waals surface area contributed by atoms with Crippen LogP contribution in [0.25, 0.3) is 0 Å². The van der Waals surface area contributed by atoms with Gasteiger partial charge in [-0.15, -0.1) is 0 Å². The van der Waals surface area contributed by atoms with Gasteiger partial charge < -0.3 is 10.1 Å². The third kappa shape index (κ3) is 3.68. The van der Waals surface area contributed by atoms with Crippen molar-refractivity contribution in [3.8, 4) is 0 Å². The predicted molar refractivity (Wildman–Crippen MR) is 94.3 cm³/mol. The van der Waals surface area contributed by atoms with E-state index in [1.165, 1.54) is 13.8 Å². The lowest BCUT2D eigenvalue weighted by atomic mass is 10.00. The second-order valence-electron chi connectivity index (χ2n) is 8.05. The Labute approximate surface area is 154 Å². The molecule has 2 rings (SSSR count). The van der Waals surface area contributed by atoms with Gasteiger partial charge in [0.2, 0.25) is 0 Å². The van der Waals surface area contributed by atoms with Crippen LogP contribution in [0.1, 0.15) is 66.7 Å². The molecule has 2 saturated heterocycles. The largest absolute Gasteiger partial charge is 0.458 e. The highest BCUT2D eigenvalue weighted by molar-refractivity contribution is 6.15. The number of carbonyl (C=O) groups is 4. The maximum absolute atomic E-state index is 12.8. The fourth-order valence-corrected chi connectivity index (χ4v) is 3.39. The quantitative estimate of drug-likeness (QED) is 0.442. The molecule has 0 bridgehead atoms. The van der Waals surface area contributed by atoms with E-state index in [0.717, 1.165) is 35.5 Å². The molecule has 0 spiro atoms. The summed E-state index contributed by atoms with van der Waals surface area (Å²) in [4.78, 5) is 52.1. The second-order valence-corrected chi connectivity index (χ2v) is 8.05. The number of carbonyl (C=O) groups excluding carboxylic acids is 4. The average Bonchev–Trinajstić information content (AvgIpc) is 2.88. The maximum Gasteiger partial charge on any atom is 0.336 e. The molecule has 2 aliphatic heterocycles. The van der Waals surface area contributed by atoms with Crippen LogP contribution in [0.15, 0.2) is 0 Å². The molecule has 5 amide bonds. The number of esters is 1. The van der Waals surface area contributed by atoms with Crippen molar-refractivity contribution in [1.82, 2.24) is 15.1 Å². The number of hydrogen-bond acceptors (Lipinski definition) is 5. The summed E-state index contributed by atoms with van der Waals surface area (Å²) in [7, 11) is 0. The second kappa shape index (κ2) is 7.25. The van der Waals surface area contributed by atoms with E-state index in [4.69, 9.17) is 4.74 Å². The van der Waals surface area contributed by atoms with E-state index >= 15 is 0 Å². The number of unbranched alkanes of at least 4 members (excludes halogenated alkanes) is 3. The molecule has 0 aromatic carbocycles. The van der Waals surface area contributed by atoms with E-state index in [1.54, 1.807) is 13.8 Å². The van der Waals surface area contributed by atoms with E-state index in [-0.39, 0.29) is 6.42 Å². The lowest BCUT2D eigenvalue weighted by Gasteiger charge is -2.25. The predicted octanol–water partition coefficient (Wildman–Crippen LogP) is 2.41. The highest BCUT2D eigenvalue weighted by atomic mass is 16.6. The first-order valence-corrected chi connectivity index (χ1v) is 9.21. The Morgan fingerprint density at radius 2 is 1.81 bits per heavy atom. The fourth-order valence-electron chi connectivity index (χ4n) is 3.39. The van der Waals surface area contributed by atoms with Crippen LogP contribution in [0.4, 0.5) is 9.59 Å². The van der Waals surface area contributed by atoms with Crippen LogP contribution in [0.2, 0.25) is 0 Å². The third-order valence-electron chi connectivity index (χ3n) is 4.85. The summed E-state index contributed by atoms with van der Waals surface area (Å²) < 4.78 is 5.23. The average molecular weight is 367 g/mol. The standard InChI is InChI=1S/C18H29N3O5/c1-6-7-8-9-10-19-15(24)21-16(25)20(14(23)18(21,4)5)12-11-17(2,3)26-13(12)22/h12H,6-11H2,1-5H3,(H,19,24). The SMILES string of the molecule is CCCCCCNC(=O)N1C(=O)N(C2CC(C)(C)OC2=O)C(=O)C1(C)C. The van der Waals surface area contributed by atoms with Crippen molar-refractivity contribution < 1.29 is 23.9 Å². The van der Waals surface area contributed by atoms with Gasteiger partial charge in [-0.25, -0.2) is 24.2 Å². The maximum atomic E-state index is 12.8. The number of urea groups is 2. The molecule has 2 fully saturated rings. The minimum Gasteiger partial charge on any atom is -0.458 e. The van der Waals surface area contributed by atoms with Crippen molar-refractivity contribution in [3.05, 3.63) is 0 Å². The van der Waals surface area contributed by atoms with Gasteiger partial charge in [-0.2, -0.15) is 0 Å². The van der Waals surface area contributed by atoms with Gasteiger partial charge in [-0.05, 0) is 34.1 Å². The summed E-state index contributed by atoms with van der Waals surface area (Å²) in [5.74, 6) is -1.18. The smallest absolute Gasteiger partial charge is 0.336 e. The van der Waals surface area contributed by atoms with E-state index in [1.807, 2.05) is 0 Å². The molecule has 26 heavy (non-hydrogen) atoms. The monoisotopic (exact) mass is 367 g/mol. The normalized spacial score (nSPS) is 24.2. The van der Waals surface area contributed by atoms with Gasteiger partial charge >= 0.3 is 18.0 Å². The number of hydrogen-bond donors (Lipinski definition) is 1. The number of imide groups is 2. The molecular weight excluding hydrogens is 338 g/mol. The zero-order valence-corrected chi connectivity index (χ0v) is 16.3. The molecule has 0 aromatic heterocycles. The van der Waals surface area contributed by atoms with Gasteiger partial charge in [0.25, 0.3) is 5.91 Å². The zero-order chi connectivity index (χ0) is 19.7. The Bertz CT molecular complexity index is 614. The van der Waals surface area contributed by atoms with Crippen LogP contribution in [-0.4, -0.2) is 57.5 Å². The highest BCUT2D eigenvalue weighted by Crippen LogP contribution is 2.36. The molecule has 0 aromatic rings. The molecule has 2 aliphatic rings. The van der Waals surface area contributed by atoms with Crippen molar-refractivity contribution in [2.24, 2.45) is 0 Å². The molecule has 1 N–H and O–H groups in total. The van der Waals surface area contributed by atoms with E-state index in [2.05, 4.69) is 12.2 Å². The van der Waals surface area contributed by atoms with Gasteiger partial charge in [0, 0.05) is 13.0 Å². The van der Waals surface area contributed by atoms with Gasteiger partial charge in [0.1, 0.15) is 17.2 Å². The van der Waals surface area contributed by atoms with Gasteiger partial charge in [-0.1, -0.05) is 26.2 Å². The first-order chi connectivity index (χ1) is 12.0. The van der Waals surface area contributed by atoms with Crippen LogP contribution < -0.4 is 5.32 Å². The van der Waals surface area contributed by atoms with E-state index in [9.17, 15) is 19.2 Å². The molecule has 2 heterocycles. The first-order valence-electron chi connectivity index (χ1n) is 9.21. The summed E-state index contributed by atoms with van der Waals surface area (Å²) in [6, 6.07) is -2.38. The Morgan fingerprint density at radius 1 is 1.15 bits per heavy atom. The summed E-state index contributed by atoms with van der Waals surface area (Å²) in [5, 5.41) is 2.70. The highest BCUT2D eigenvalue weighted by Gasteiger charge is 2.60. The summed E-state index contributed by atoms with van der Waals surface area (Å²) in [5.41, 5.74) is -2.10. The lowest BCUT2D eigenvalue weighted by Crippen LogP contribution is -2.52.